The summed E-state index contributed by atoms with van der Waals surface area (Å²) in [5, 5.41) is 3.29. The fourth-order valence-corrected chi connectivity index (χ4v) is 1.85. The number of likely N-dealkylation sites (tertiary alicyclic amines) is 1. The summed E-state index contributed by atoms with van der Waals surface area (Å²) in [4.78, 5) is 13.3. The van der Waals surface area contributed by atoms with Crippen LogP contribution in [-0.2, 0) is 9.53 Å². The van der Waals surface area contributed by atoms with Crippen molar-refractivity contribution in [1.82, 2.24) is 10.2 Å². The van der Waals surface area contributed by atoms with Gasteiger partial charge in [-0.3, -0.25) is 9.69 Å². The first-order chi connectivity index (χ1) is 6.36. The number of hydrogen-bond acceptors (Lipinski definition) is 4. The third-order valence-corrected chi connectivity index (χ3v) is 2.67. The fourth-order valence-electron chi connectivity index (χ4n) is 1.85. The minimum atomic E-state index is 0.196. The molecule has 1 atom stereocenters. The van der Waals surface area contributed by atoms with E-state index in [1.54, 1.807) is 0 Å². The van der Waals surface area contributed by atoms with E-state index in [-0.39, 0.29) is 6.23 Å². The van der Waals surface area contributed by atoms with Gasteiger partial charge in [-0.1, -0.05) is 0 Å². The van der Waals surface area contributed by atoms with Crippen LogP contribution in [0.25, 0.3) is 0 Å². The maximum Gasteiger partial charge on any atom is 0.135 e. The van der Waals surface area contributed by atoms with Gasteiger partial charge in [0.25, 0.3) is 0 Å². The summed E-state index contributed by atoms with van der Waals surface area (Å²) in [7, 11) is 0. The summed E-state index contributed by atoms with van der Waals surface area (Å²) in [6, 6.07) is 0. The van der Waals surface area contributed by atoms with Gasteiger partial charge in [-0.2, -0.15) is 0 Å². The number of hydrogen-bond donors (Lipinski definition) is 1. The number of rotatable bonds is 1. The van der Waals surface area contributed by atoms with Gasteiger partial charge in [0.2, 0.25) is 0 Å². The highest BCUT2D eigenvalue weighted by Gasteiger charge is 2.25. The summed E-state index contributed by atoms with van der Waals surface area (Å²) in [5.41, 5.74) is 0. The number of nitrogens with zero attached hydrogens (tertiary/aromatic N) is 1. The van der Waals surface area contributed by atoms with Crippen molar-refractivity contribution in [3.8, 4) is 0 Å². The molecular formula is C9H16N2O2. The zero-order valence-corrected chi connectivity index (χ0v) is 7.79. The Labute approximate surface area is 78.2 Å². The summed E-state index contributed by atoms with van der Waals surface area (Å²) in [6.07, 6.45) is 1.58. The molecule has 2 aliphatic heterocycles. The first-order valence-corrected chi connectivity index (χ1v) is 4.94. The molecule has 74 valence electrons. The summed E-state index contributed by atoms with van der Waals surface area (Å²) >= 11 is 0. The molecule has 0 aliphatic carbocycles. The summed E-state index contributed by atoms with van der Waals surface area (Å²) in [5.74, 6) is 0.389. The van der Waals surface area contributed by atoms with Gasteiger partial charge in [-0.15, -0.1) is 0 Å². The lowest BCUT2D eigenvalue weighted by atomic mass is 10.1. The van der Waals surface area contributed by atoms with Gasteiger partial charge in [0.1, 0.15) is 12.0 Å². The molecule has 2 rings (SSSR count). The zero-order valence-electron chi connectivity index (χ0n) is 7.79. The van der Waals surface area contributed by atoms with Gasteiger partial charge in [-0.05, 0) is 0 Å². The third-order valence-electron chi connectivity index (χ3n) is 2.67. The molecule has 4 nitrogen and oxygen atoms in total. The van der Waals surface area contributed by atoms with Crippen LogP contribution in [0.3, 0.4) is 0 Å². The van der Waals surface area contributed by atoms with Gasteiger partial charge >= 0.3 is 0 Å². The predicted molar refractivity (Wildman–Crippen MR) is 48.4 cm³/mol. The van der Waals surface area contributed by atoms with Crippen LogP contribution < -0.4 is 5.32 Å². The van der Waals surface area contributed by atoms with E-state index in [4.69, 9.17) is 4.74 Å². The first-order valence-electron chi connectivity index (χ1n) is 4.94. The van der Waals surface area contributed by atoms with Gasteiger partial charge in [0.05, 0.1) is 6.61 Å². The van der Waals surface area contributed by atoms with Crippen molar-refractivity contribution < 1.29 is 9.53 Å². The van der Waals surface area contributed by atoms with Crippen LogP contribution >= 0.6 is 0 Å². The van der Waals surface area contributed by atoms with Crippen molar-refractivity contribution in [3.05, 3.63) is 0 Å². The molecule has 2 saturated heterocycles. The zero-order chi connectivity index (χ0) is 9.10. The second kappa shape index (κ2) is 4.17. The predicted octanol–water partition coefficient (Wildman–Crippen LogP) is -0.403. The smallest absolute Gasteiger partial charge is 0.135 e. The maximum atomic E-state index is 11.0. The Hall–Kier alpha value is -0.450. The molecule has 2 heterocycles. The highest BCUT2D eigenvalue weighted by molar-refractivity contribution is 5.79. The number of Topliss-reactive ketones (excluding diaryl/α,β-unsaturated/α-hetero) is 1. The minimum Gasteiger partial charge on any atom is -0.360 e. The molecule has 0 amide bonds. The summed E-state index contributed by atoms with van der Waals surface area (Å²) in [6.45, 7) is 4.36. The highest BCUT2D eigenvalue weighted by Crippen LogP contribution is 2.11. The summed E-state index contributed by atoms with van der Waals surface area (Å²) < 4.78 is 5.60. The molecule has 0 spiro atoms. The molecule has 0 aromatic heterocycles. The fraction of sp³-hybridized carbons (Fsp3) is 0.889. The number of piperidine rings is 1. The van der Waals surface area contributed by atoms with E-state index in [9.17, 15) is 4.79 Å². The van der Waals surface area contributed by atoms with Gasteiger partial charge in [0, 0.05) is 39.0 Å². The first kappa shape index (κ1) is 9.12. The average molecular weight is 184 g/mol. The molecule has 0 saturated carbocycles. The lowest BCUT2D eigenvalue weighted by molar-refractivity contribution is -0.127. The van der Waals surface area contributed by atoms with E-state index in [0.29, 0.717) is 18.6 Å². The Morgan fingerprint density at radius 1 is 1.38 bits per heavy atom. The third kappa shape index (κ3) is 2.27. The SMILES string of the molecule is O=C1CCN(C2CNCCO2)CC1. The number of morpholine rings is 1. The maximum absolute atomic E-state index is 11.0. The Bertz CT molecular complexity index is 180. The second-order valence-electron chi connectivity index (χ2n) is 3.60. The molecule has 2 aliphatic rings. The Morgan fingerprint density at radius 2 is 2.15 bits per heavy atom. The molecule has 0 aromatic carbocycles. The Kier molecular flexibility index (Phi) is 2.93. The van der Waals surface area contributed by atoms with Crippen LogP contribution in [0.4, 0.5) is 0 Å². The molecule has 0 bridgehead atoms. The van der Waals surface area contributed by atoms with Crippen molar-refractivity contribution in [2.75, 3.05) is 32.8 Å². The van der Waals surface area contributed by atoms with E-state index in [2.05, 4.69) is 10.2 Å². The number of ketones is 1. The molecule has 4 heteroatoms. The van der Waals surface area contributed by atoms with Gasteiger partial charge in [-0.25, -0.2) is 0 Å². The van der Waals surface area contributed by atoms with Crippen LogP contribution in [-0.4, -0.2) is 49.7 Å². The molecule has 0 radical (unpaired) electrons. The largest absolute Gasteiger partial charge is 0.360 e. The lowest BCUT2D eigenvalue weighted by Crippen LogP contribution is -2.51. The van der Waals surface area contributed by atoms with Crippen LogP contribution in [0.5, 0.6) is 0 Å². The molecule has 2 fully saturated rings. The molecule has 0 aromatic rings. The number of carbonyl (C=O) groups is 1. The van der Waals surface area contributed by atoms with Gasteiger partial charge < -0.3 is 10.1 Å². The highest BCUT2D eigenvalue weighted by atomic mass is 16.5. The number of nitrogens with one attached hydrogen (secondary N) is 1. The van der Waals surface area contributed by atoms with Crippen LogP contribution in [0, 0.1) is 0 Å². The molecule has 13 heavy (non-hydrogen) atoms. The Balaban J connectivity index is 1.82. The van der Waals surface area contributed by atoms with Crippen LogP contribution in [0.1, 0.15) is 12.8 Å². The average Bonchev–Trinajstić information content (AvgIpc) is 2.20. The molecular weight excluding hydrogens is 168 g/mol. The quantitative estimate of drug-likeness (QED) is 0.602. The number of carbonyl (C=O) groups excluding carboxylic acids is 1. The topological polar surface area (TPSA) is 41.6 Å². The lowest BCUT2D eigenvalue weighted by Gasteiger charge is -2.36. The van der Waals surface area contributed by atoms with E-state index in [1.165, 1.54) is 0 Å². The standard InChI is InChI=1S/C9H16N2O2/c12-8-1-4-11(5-2-8)9-7-10-3-6-13-9/h9-10H,1-7H2. The van der Waals surface area contributed by atoms with Crippen molar-refractivity contribution in [3.63, 3.8) is 0 Å². The van der Waals surface area contributed by atoms with E-state index < -0.39 is 0 Å². The molecule has 1 unspecified atom stereocenters. The monoisotopic (exact) mass is 184 g/mol. The van der Waals surface area contributed by atoms with E-state index in [1.807, 2.05) is 0 Å². The minimum absolute atomic E-state index is 0.196. The van der Waals surface area contributed by atoms with Crippen molar-refractivity contribution in [2.45, 2.75) is 19.1 Å². The van der Waals surface area contributed by atoms with Gasteiger partial charge in [0.15, 0.2) is 0 Å². The second-order valence-corrected chi connectivity index (χ2v) is 3.60. The van der Waals surface area contributed by atoms with E-state index >= 15 is 0 Å². The normalized spacial score (nSPS) is 32.0. The number of ether oxygens (including phenoxy) is 1. The van der Waals surface area contributed by atoms with E-state index in [0.717, 1.165) is 32.8 Å². The Morgan fingerprint density at radius 3 is 2.77 bits per heavy atom. The van der Waals surface area contributed by atoms with Crippen molar-refractivity contribution >= 4 is 5.78 Å². The van der Waals surface area contributed by atoms with Crippen molar-refractivity contribution in [1.29, 1.82) is 0 Å². The molecule has 1 N–H and O–H groups in total. The van der Waals surface area contributed by atoms with Crippen LogP contribution in [0.15, 0.2) is 0 Å². The van der Waals surface area contributed by atoms with Crippen LogP contribution in [0.2, 0.25) is 0 Å². The van der Waals surface area contributed by atoms with Crippen molar-refractivity contribution in [2.24, 2.45) is 0 Å².